The summed E-state index contributed by atoms with van der Waals surface area (Å²) in [6, 6.07) is 5.82. The van der Waals surface area contributed by atoms with Crippen molar-refractivity contribution in [1.29, 1.82) is 0 Å². The smallest absolute Gasteiger partial charge is 0.231 e. The number of aliphatic hydroxyl groups excluding tert-OH is 1. The first kappa shape index (κ1) is 20.0. The number of imidazole rings is 1. The molecule has 0 radical (unpaired) electrons. The number of nitrogens with zero attached hydrogens (tertiary/aromatic N) is 1. The Bertz CT molecular complexity index is 1020. The fourth-order valence-corrected chi connectivity index (χ4v) is 4.31. The van der Waals surface area contributed by atoms with Crippen LogP contribution in [0.4, 0.5) is 0 Å². The fourth-order valence-electron chi connectivity index (χ4n) is 4.09. The average molecular weight is 415 g/mol. The van der Waals surface area contributed by atoms with Crippen LogP contribution in [0, 0.1) is 11.8 Å². The lowest BCUT2D eigenvalue weighted by Gasteiger charge is -2.26. The van der Waals surface area contributed by atoms with E-state index in [-0.39, 0.29) is 6.79 Å². The molecule has 1 saturated carbocycles. The standard InChI is InChI=1S/C23H27ClN2O3/c1-14(18-7-8-21-22(10-18)29-13-28-21)19(24)11-20-15(2)25-23(26-20)9-16-3-5-17(12-27)6-4-16/h7-8,10-11,16-17,27H,2-6,9,12-13H2,1H3,(H,25,26)/b19-14-,20-11+/t16-,17-. The largest absolute Gasteiger partial charge is 0.454 e. The Hall–Kier alpha value is -2.24. The van der Waals surface area contributed by atoms with E-state index in [1.807, 2.05) is 31.2 Å². The molecule has 154 valence electrons. The lowest BCUT2D eigenvalue weighted by atomic mass is 9.81. The molecule has 2 heterocycles. The quantitative estimate of drug-likeness (QED) is 0.787. The predicted molar refractivity (Wildman–Crippen MR) is 115 cm³/mol. The first-order chi connectivity index (χ1) is 14.0. The number of aromatic amines is 1. The predicted octanol–water partition coefficient (Wildman–Crippen LogP) is 3.34. The summed E-state index contributed by atoms with van der Waals surface area (Å²) >= 11 is 6.61. The molecule has 5 nitrogen and oxygen atoms in total. The van der Waals surface area contributed by atoms with Gasteiger partial charge in [0.25, 0.3) is 0 Å². The van der Waals surface area contributed by atoms with E-state index in [2.05, 4.69) is 16.5 Å². The molecule has 2 N–H and O–H groups in total. The zero-order valence-electron chi connectivity index (χ0n) is 16.7. The van der Waals surface area contributed by atoms with Gasteiger partial charge in [0.1, 0.15) is 5.82 Å². The topological polar surface area (TPSA) is 67.4 Å². The lowest BCUT2D eigenvalue weighted by Crippen LogP contribution is -2.22. The van der Waals surface area contributed by atoms with E-state index in [0.29, 0.717) is 28.8 Å². The third kappa shape index (κ3) is 4.51. The summed E-state index contributed by atoms with van der Waals surface area (Å²) in [5, 5.41) is 11.5. The number of allylic oxidation sites excluding steroid dienone is 2. The van der Waals surface area contributed by atoms with E-state index < -0.39 is 0 Å². The molecule has 1 fully saturated rings. The number of aromatic nitrogens is 2. The molecule has 4 rings (SSSR count). The molecule has 0 atom stereocenters. The molecule has 0 unspecified atom stereocenters. The van der Waals surface area contributed by atoms with Crippen LogP contribution in [0.3, 0.4) is 0 Å². The first-order valence-electron chi connectivity index (χ1n) is 10.2. The van der Waals surface area contributed by atoms with E-state index in [1.165, 1.54) is 0 Å². The molecule has 0 saturated heterocycles. The molecule has 2 aliphatic rings. The van der Waals surface area contributed by atoms with Crippen molar-refractivity contribution in [2.45, 2.75) is 39.0 Å². The number of rotatable bonds is 5. The van der Waals surface area contributed by atoms with Gasteiger partial charge >= 0.3 is 0 Å². The van der Waals surface area contributed by atoms with Gasteiger partial charge in [-0.2, -0.15) is 0 Å². The number of H-pyrrole nitrogens is 1. The van der Waals surface area contributed by atoms with E-state index in [1.54, 1.807) is 0 Å². The Morgan fingerprint density at radius 3 is 2.72 bits per heavy atom. The van der Waals surface area contributed by atoms with Gasteiger partial charge in [-0.1, -0.05) is 24.2 Å². The number of aliphatic hydroxyl groups is 1. The van der Waals surface area contributed by atoms with Crippen molar-refractivity contribution in [3.05, 3.63) is 45.3 Å². The third-order valence-electron chi connectivity index (χ3n) is 6.00. The van der Waals surface area contributed by atoms with Gasteiger partial charge in [0.15, 0.2) is 11.5 Å². The number of hydrogen-bond acceptors (Lipinski definition) is 4. The molecular weight excluding hydrogens is 388 g/mol. The minimum Gasteiger partial charge on any atom is -0.454 e. The second-order valence-corrected chi connectivity index (χ2v) is 8.41. The van der Waals surface area contributed by atoms with Crippen LogP contribution in [0.1, 0.15) is 44.0 Å². The summed E-state index contributed by atoms with van der Waals surface area (Å²) < 4.78 is 10.8. The Labute approximate surface area is 175 Å². The maximum atomic E-state index is 9.30. The van der Waals surface area contributed by atoms with Crippen molar-refractivity contribution in [2.75, 3.05) is 13.4 Å². The van der Waals surface area contributed by atoms with Gasteiger partial charge in [-0.05, 0) is 73.8 Å². The van der Waals surface area contributed by atoms with Gasteiger partial charge in [-0.25, -0.2) is 4.98 Å². The molecule has 1 aromatic carbocycles. The zero-order chi connectivity index (χ0) is 20.4. The van der Waals surface area contributed by atoms with Crippen LogP contribution in [0.15, 0.2) is 23.2 Å². The van der Waals surface area contributed by atoms with Crippen LogP contribution < -0.4 is 20.2 Å². The van der Waals surface area contributed by atoms with Crippen molar-refractivity contribution in [2.24, 2.45) is 11.8 Å². The highest BCUT2D eigenvalue weighted by atomic mass is 35.5. The Morgan fingerprint density at radius 2 is 1.97 bits per heavy atom. The van der Waals surface area contributed by atoms with Crippen LogP contribution in [0.25, 0.3) is 18.2 Å². The van der Waals surface area contributed by atoms with Gasteiger partial charge in [-0.3, -0.25) is 0 Å². The number of benzene rings is 1. The minimum absolute atomic E-state index is 0.255. The number of hydrogen-bond donors (Lipinski definition) is 2. The maximum absolute atomic E-state index is 9.30. The van der Waals surface area contributed by atoms with E-state index >= 15 is 0 Å². The number of nitrogens with one attached hydrogen (secondary N) is 1. The van der Waals surface area contributed by atoms with Crippen molar-refractivity contribution in [3.63, 3.8) is 0 Å². The van der Waals surface area contributed by atoms with E-state index in [0.717, 1.165) is 65.9 Å². The summed E-state index contributed by atoms with van der Waals surface area (Å²) in [4.78, 5) is 8.00. The van der Waals surface area contributed by atoms with Gasteiger partial charge < -0.3 is 19.6 Å². The van der Waals surface area contributed by atoms with Gasteiger partial charge in [0.2, 0.25) is 6.79 Å². The van der Waals surface area contributed by atoms with Gasteiger partial charge in [0, 0.05) is 18.1 Å². The molecular formula is C23H27ClN2O3. The molecule has 0 spiro atoms. The maximum Gasteiger partial charge on any atom is 0.231 e. The molecule has 29 heavy (non-hydrogen) atoms. The zero-order valence-corrected chi connectivity index (χ0v) is 17.5. The highest BCUT2D eigenvalue weighted by molar-refractivity contribution is 6.37. The van der Waals surface area contributed by atoms with Crippen molar-refractivity contribution in [1.82, 2.24) is 9.97 Å². The Balaban J connectivity index is 1.52. The number of fused-ring (bicyclic) bond motifs is 1. The van der Waals surface area contributed by atoms with Crippen molar-refractivity contribution >= 4 is 29.8 Å². The molecule has 2 aromatic rings. The molecule has 1 aliphatic heterocycles. The second-order valence-electron chi connectivity index (χ2n) is 8.00. The van der Waals surface area contributed by atoms with Crippen LogP contribution >= 0.6 is 11.6 Å². The highest BCUT2D eigenvalue weighted by Gasteiger charge is 2.21. The fraction of sp³-hybridized carbons (Fsp3) is 0.435. The number of ether oxygens (including phenoxy) is 2. The van der Waals surface area contributed by atoms with Crippen molar-refractivity contribution in [3.8, 4) is 11.5 Å². The minimum atomic E-state index is 0.255. The number of halogens is 1. The molecule has 0 amide bonds. The molecule has 1 aliphatic carbocycles. The molecule has 1 aromatic heterocycles. The summed E-state index contributed by atoms with van der Waals surface area (Å²) in [5.74, 6) is 3.53. The summed E-state index contributed by atoms with van der Waals surface area (Å²) in [7, 11) is 0. The molecule has 6 heteroatoms. The lowest BCUT2D eigenvalue weighted by molar-refractivity contribution is 0.166. The van der Waals surface area contributed by atoms with Crippen LogP contribution in [-0.2, 0) is 6.42 Å². The van der Waals surface area contributed by atoms with Crippen molar-refractivity contribution < 1.29 is 14.6 Å². The average Bonchev–Trinajstić information content (AvgIpc) is 3.33. The third-order valence-corrected chi connectivity index (χ3v) is 6.39. The SMILES string of the molecule is C=c1nc(C[C@H]2CC[C@H](CO)CC2)[nH]/c1=C/C(Cl)=C(\C)c1ccc2c(c1)OCO2. The normalized spacial score (nSPS) is 22.7. The summed E-state index contributed by atoms with van der Waals surface area (Å²) in [6.07, 6.45) is 7.28. The first-order valence-corrected chi connectivity index (χ1v) is 10.5. The Morgan fingerprint density at radius 1 is 1.24 bits per heavy atom. The van der Waals surface area contributed by atoms with Crippen LogP contribution in [-0.4, -0.2) is 28.5 Å². The Kier molecular flexibility index (Phi) is 5.97. The molecule has 0 bridgehead atoms. The summed E-state index contributed by atoms with van der Waals surface area (Å²) in [6.45, 7) is 6.61. The van der Waals surface area contributed by atoms with Crippen LogP contribution in [0.5, 0.6) is 11.5 Å². The van der Waals surface area contributed by atoms with E-state index in [4.69, 9.17) is 21.1 Å². The van der Waals surface area contributed by atoms with Crippen LogP contribution in [0.2, 0.25) is 0 Å². The monoisotopic (exact) mass is 414 g/mol. The second kappa shape index (κ2) is 8.64. The van der Waals surface area contributed by atoms with Gasteiger partial charge in [-0.15, -0.1) is 0 Å². The highest BCUT2D eigenvalue weighted by Crippen LogP contribution is 2.35. The summed E-state index contributed by atoms with van der Waals surface area (Å²) in [5.41, 5.74) is 1.93. The van der Waals surface area contributed by atoms with E-state index in [9.17, 15) is 5.11 Å². The van der Waals surface area contributed by atoms with Gasteiger partial charge in [0.05, 0.1) is 10.7 Å².